The highest BCUT2D eigenvalue weighted by Crippen LogP contribution is 2.58. The van der Waals surface area contributed by atoms with Gasteiger partial charge < -0.3 is 14.0 Å². The Hall–Kier alpha value is -3.00. The molecule has 2 aromatic carbocycles. The summed E-state index contributed by atoms with van der Waals surface area (Å²) in [5.41, 5.74) is 2.94. The lowest BCUT2D eigenvalue weighted by atomic mass is 9.79. The summed E-state index contributed by atoms with van der Waals surface area (Å²) in [4.78, 5) is 0.0558. The summed E-state index contributed by atoms with van der Waals surface area (Å²) in [6.07, 6.45) is 2.80. The van der Waals surface area contributed by atoms with Crippen LogP contribution in [0.4, 0.5) is 5.82 Å². The minimum absolute atomic E-state index is 0.0171. The molecule has 0 saturated heterocycles. The van der Waals surface area contributed by atoms with Crippen LogP contribution < -0.4 is 14.2 Å². The highest BCUT2D eigenvalue weighted by atomic mass is 32.2. The number of hydrogen-bond acceptors (Lipinski definition) is 6. The van der Waals surface area contributed by atoms with Crippen LogP contribution in [0, 0.1) is 0 Å². The van der Waals surface area contributed by atoms with Gasteiger partial charge in [-0.3, -0.25) is 4.72 Å². The predicted molar refractivity (Wildman–Crippen MR) is 112 cm³/mol. The van der Waals surface area contributed by atoms with Crippen LogP contribution in [-0.2, 0) is 21.9 Å². The number of nitrogens with one attached hydrogen (secondary N) is 1. The minimum Gasteiger partial charge on any atom is -0.495 e. The van der Waals surface area contributed by atoms with Gasteiger partial charge in [-0.15, -0.1) is 0 Å². The van der Waals surface area contributed by atoms with Crippen molar-refractivity contribution in [1.82, 2.24) is 5.16 Å². The number of hydrogen-bond donors (Lipinski definition) is 1. The molecule has 8 heteroatoms. The van der Waals surface area contributed by atoms with Crippen molar-refractivity contribution >= 4 is 15.8 Å². The lowest BCUT2D eigenvalue weighted by Crippen LogP contribution is -2.20. The molecule has 0 bridgehead atoms. The molecule has 30 heavy (non-hydrogen) atoms. The normalized spacial score (nSPS) is 15.9. The molecule has 5 rings (SSSR count). The predicted octanol–water partition coefficient (Wildman–Crippen LogP) is 4.14. The highest BCUT2D eigenvalue weighted by molar-refractivity contribution is 7.92. The first-order valence-corrected chi connectivity index (χ1v) is 11.4. The molecule has 0 radical (unpaired) electrons. The van der Waals surface area contributed by atoms with E-state index in [1.54, 1.807) is 18.2 Å². The number of anilines is 1. The van der Waals surface area contributed by atoms with Crippen LogP contribution in [0.2, 0.25) is 0 Å². The maximum Gasteiger partial charge on any atom is 0.266 e. The van der Waals surface area contributed by atoms with E-state index in [-0.39, 0.29) is 21.9 Å². The van der Waals surface area contributed by atoms with E-state index >= 15 is 0 Å². The Morgan fingerprint density at radius 1 is 1.20 bits per heavy atom. The Kier molecular flexibility index (Phi) is 4.28. The van der Waals surface area contributed by atoms with Crippen molar-refractivity contribution in [3.8, 4) is 22.8 Å². The third-order valence-corrected chi connectivity index (χ3v) is 7.24. The Bertz CT molecular complexity index is 1230. The molecule has 0 atom stereocenters. The molecular formula is C22H22N2O5S. The zero-order chi connectivity index (χ0) is 20.9. The molecule has 156 valence electrons. The van der Waals surface area contributed by atoms with Crippen molar-refractivity contribution in [3.63, 3.8) is 0 Å². The van der Waals surface area contributed by atoms with Gasteiger partial charge in [-0.25, -0.2) is 8.42 Å². The average molecular weight is 426 g/mol. The zero-order valence-corrected chi connectivity index (χ0v) is 17.6. The number of aromatic nitrogens is 1. The number of ether oxygens (including phenoxy) is 2. The van der Waals surface area contributed by atoms with Crippen molar-refractivity contribution in [2.75, 3.05) is 18.4 Å². The van der Waals surface area contributed by atoms with Crippen molar-refractivity contribution in [1.29, 1.82) is 0 Å². The molecule has 1 saturated carbocycles. The Morgan fingerprint density at radius 3 is 2.73 bits per heavy atom. The van der Waals surface area contributed by atoms with E-state index in [2.05, 4.69) is 15.9 Å². The molecule has 3 aromatic rings. The molecule has 0 aliphatic heterocycles. The molecule has 1 spiro atoms. The smallest absolute Gasteiger partial charge is 0.266 e. The van der Waals surface area contributed by atoms with Gasteiger partial charge in [-0.1, -0.05) is 23.4 Å². The van der Waals surface area contributed by atoms with Crippen LogP contribution in [0.25, 0.3) is 11.3 Å². The monoisotopic (exact) mass is 426 g/mol. The average Bonchev–Trinajstić information content (AvgIpc) is 3.41. The van der Waals surface area contributed by atoms with E-state index in [0.717, 1.165) is 29.7 Å². The molecule has 1 aromatic heterocycles. The fraction of sp³-hybridized carbons (Fsp3) is 0.318. The summed E-state index contributed by atoms with van der Waals surface area (Å²) in [6, 6.07) is 12.5. The molecule has 0 amide bonds. The standard InChI is InChI=1S/C22H22N2O5S/c1-3-28-14-8-9-17-15(12-14)20-16(13-22(17)10-11-22)21(23-29-20)24-30(25,26)19-7-5-4-6-18(19)27-2/h4-9,12H,3,10-11,13H2,1-2H3,(H,23,24). The van der Waals surface area contributed by atoms with Gasteiger partial charge in [-0.2, -0.15) is 0 Å². The van der Waals surface area contributed by atoms with Crippen LogP contribution in [0.1, 0.15) is 30.9 Å². The summed E-state index contributed by atoms with van der Waals surface area (Å²) in [5.74, 6) is 1.86. The van der Waals surface area contributed by atoms with Gasteiger partial charge in [0.2, 0.25) is 0 Å². The number of nitrogens with zero attached hydrogens (tertiary/aromatic N) is 1. The van der Waals surface area contributed by atoms with Gasteiger partial charge in [0, 0.05) is 16.5 Å². The number of para-hydroxylation sites is 1. The topological polar surface area (TPSA) is 90.7 Å². The fourth-order valence-corrected chi connectivity index (χ4v) is 5.45. The van der Waals surface area contributed by atoms with Gasteiger partial charge in [0.1, 0.15) is 16.4 Å². The summed E-state index contributed by atoms with van der Waals surface area (Å²) in [6.45, 7) is 2.50. The van der Waals surface area contributed by atoms with Gasteiger partial charge in [0.15, 0.2) is 11.6 Å². The van der Waals surface area contributed by atoms with Crippen LogP contribution in [-0.4, -0.2) is 27.3 Å². The number of rotatable bonds is 6. The number of methoxy groups -OCH3 is 1. The van der Waals surface area contributed by atoms with E-state index in [4.69, 9.17) is 14.0 Å². The third kappa shape index (κ3) is 2.94. The maximum atomic E-state index is 13.0. The zero-order valence-electron chi connectivity index (χ0n) is 16.8. The van der Waals surface area contributed by atoms with E-state index in [0.29, 0.717) is 18.8 Å². The van der Waals surface area contributed by atoms with Crippen LogP contribution in [0.5, 0.6) is 11.5 Å². The minimum atomic E-state index is -3.89. The van der Waals surface area contributed by atoms with E-state index < -0.39 is 10.0 Å². The lowest BCUT2D eigenvalue weighted by molar-refractivity contribution is 0.340. The third-order valence-electron chi connectivity index (χ3n) is 5.86. The van der Waals surface area contributed by atoms with E-state index in [1.807, 2.05) is 19.1 Å². The fourth-order valence-electron chi connectivity index (χ4n) is 4.25. The molecule has 1 fully saturated rings. The molecule has 2 aliphatic rings. The number of benzene rings is 2. The van der Waals surface area contributed by atoms with Crippen LogP contribution in [0.3, 0.4) is 0 Å². The number of fused-ring (bicyclic) bond motifs is 4. The Labute approximate surface area is 175 Å². The highest BCUT2D eigenvalue weighted by Gasteiger charge is 2.50. The summed E-state index contributed by atoms with van der Waals surface area (Å²) in [7, 11) is -2.45. The SMILES string of the molecule is CCOc1ccc2c(c1)-c1onc(NS(=O)(=O)c3ccccc3OC)c1CC21CC1. The Morgan fingerprint density at radius 2 is 2.00 bits per heavy atom. The Balaban J connectivity index is 1.57. The lowest BCUT2D eigenvalue weighted by Gasteiger charge is -2.25. The van der Waals surface area contributed by atoms with Gasteiger partial charge >= 0.3 is 0 Å². The molecule has 1 N–H and O–H groups in total. The first kappa shape index (κ1) is 19.0. The van der Waals surface area contributed by atoms with Crippen molar-refractivity contribution in [3.05, 3.63) is 53.6 Å². The second kappa shape index (κ2) is 6.77. The molecular weight excluding hydrogens is 404 g/mol. The van der Waals surface area contributed by atoms with E-state index in [9.17, 15) is 8.42 Å². The van der Waals surface area contributed by atoms with Crippen molar-refractivity contribution in [2.45, 2.75) is 36.5 Å². The number of sulfonamides is 1. The molecule has 7 nitrogen and oxygen atoms in total. The quantitative estimate of drug-likeness (QED) is 0.637. The van der Waals surface area contributed by atoms with Crippen LogP contribution >= 0.6 is 0 Å². The first-order chi connectivity index (χ1) is 14.5. The second-order valence-electron chi connectivity index (χ2n) is 7.69. The molecule has 2 aliphatic carbocycles. The molecule has 1 heterocycles. The second-order valence-corrected chi connectivity index (χ2v) is 9.34. The summed E-state index contributed by atoms with van der Waals surface area (Å²) < 4.78 is 45.2. The summed E-state index contributed by atoms with van der Waals surface area (Å²) >= 11 is 0. The maximum absolute atomic E-state index is 13.0. The van der Waals surface area contributed by atoms with Crippen LogP contribution in [0.15, 0.2) is 51.9 Å². The van der Waals surface area contributed by atoms with Gasteiger partial charge in [0.25, 0.3) is 10.0 Å². The van der Waals surface area contributed by atoms with Crippen molar-refractivity contribution < 1.29 is 22.4 Å². The van der Waals surface area contributed by atoms with E-state index in [1.165, 1.54) is 18.7 Å². The summed E-state index contributed by atoms with van der Waals surface area (Å²) in [5, 5.41) is 4.08. The molecule has 0 unspecified atom stereocenters. The van der Waals surface area contributed by atoms with Crippen molar-refractivity contribution in [2.24, 2.45) is 0 Å². The van der Waals surface area contributed by atoms with Gasteiger partial charge in [0.05, 0.1) is 13.7 Å². The first-order valence-electron chi connectivity index (χ1n) is 9.89. The van der Waals surface area contributed by atoms with Gasteiger partial charge in [-0.05, 0) is 56.0 Å². The largest absolute Gasteiger partial charge is 0.495 e.